The number of hydrogen-bond acceptors (Lipinski definition) is 4. The van der Waals surface area contributed by atoms with Gasteiger partial charge in [-0.3, -0.25) is 14.4 Å². The van der Waals surface area contributed by atoms with Gasteiger partial charge in [-0.05, 0) is 62.2 Å². The van der Waals surface area contributed by atoms with Gasteiger partial charge in [0.05, 0.1) is 32.7 Å². The first-order valence-corrected chi connectivity index (χ1v) is 10.7. The van der Waals surface area contributed by atoms with Gasteiger partial charge < -0.3 is 20.4 Å². The Balaban J connectivity index is 1.40. The Hall–Kier alpha value is -3.19. The summed E-state index contributed by atoms with van der Waals surface area (Å²) in [7, 11) is 0. The van der Waals surface area contributed by atoms with Gasteiger partial charge in [0.15, 0.2) is 12.3 Å². The number of ketones is 1. The molecule has 1 heterocycles. The number of quaternary nitrogens is 1. The highest BCUT2D eigenvalue weighted by Crippen LogP contribution is 2.17. The lowest BCUT2D eigenvalue weighted by Crippen LogP contribution is -3.16. The van der Waals surface area contributed by atoms with Crippen molar-refractivity contribution in [1.29, 1.82) is 0 Å². The number of anilines is 2. The second-order valence-electron chi connectivity index (χ2n) is 8.09. The molecule has 0 atom stereocenters. The van der Waals surface area contributed by atoms with Crippen molar-refractivity contribution in [1.82, 2.24) is 5.32 Å². The van der Waals surface area contributed by atoms with Gasteiger partial charge in [-0.25, -0.2) is 0 Å². The van der Waals surface area contributed by atoms with Crippen LogP contribution in [0.5, 0.6) is 0 Å². The molecule has 2 aromatic carbocycles. The number of benzene rings is 2. The highest BCUT2D eigenvalue weighted by Gasteiger charge is 2.22. The van der Waals surface area contributed by atoms with Gasteiger partial charge in [-0.1, -0.05) is 12.1 Å². The van der Waals surface area contributed by atoms with Gasteiger partial charge in [-0.2, -0.15) is 0 Å². The maximum atomic E-state index is 12.3. The number of piperazine rings is 1. The minimum atomic E-state index is -0.226. The molecule has 0 unspecified atom stereocenters. The third-order valence-corrected chi connectivity index (χ3v) is 5.84. The second kappa shape index (κ2) is 10.2. The predicted molar refractivity (Wildman–Crippen MR) is 122 cm³/mol. The van der Waals surface area contributed by atoms with E-state index in [4.69, 9.17) is 0 Å². The zero-order chi connectivity index (χ0) is 22.4. The predicted octanol–water partition coefficient (Wildman–Crippen LogP) is 0.966. The van der Waals surface area contributed by atoms with Crippen LogP contribution in [0.2, 0.25) is 0 Å². The summed E-state index contributed by atoms with van der Waals surface area (Å²) in [5.74, 6) is -0.282. The van der Waals surface area contributed by atoms with E-state index in [1.165, 1.54) is 4.90 Å². The Morgan fingerprint density at radius 3 is 2.29 bits per heavy atom. The van der Waals surface area contributed by atoms with Crippen LogP contribution in [-0.4, -0.2) is 56.9 Å². The fourth-order valence-electron chi connectivity index (χ4n) is 3.71. The average Bonchev–Trinajstić information content (AvgIpc) is 2.76. The van der Waals surface area contributed by atoms with E-state index >= 15 is 0 Å². The number of carbonyl (C=O) groups excluding carboxylic acids is 3. The van der Waals surface area contributed by atoms with Gasteiger partial charge in [0, 0.05) is 16.9 Å². The molecule has 0 spiro atoms. The molecule has 0 bridgehead atoms. The third kappa shape index (κ3) is 6.15. The van der Waals surface area contributed by atoms with Crippen LogP contribution in [0.25, 0.3) is 0 Å². The number of amides is 2. The normalized spacial score (nSPS) is 14.2. The van der Waals surface area contributed by atoms with Crippen molar-refractivity contribution in [3.05, 3.63) is 59.2 Å². The number of rotatable bonds is 7. The van der Waals surface area contributed by atoms with Crippen molar-refractivity contribution in [2.75, 3.05) is 49.5 Å². The molecule has 1 fully saturated rings. The van der Waals surface area contributed by atoms with Crippen molar-refractivity contribution in [2.24, 2.45) is 0 Å². The molecule has 7 nitrogen and oxygen atoms in total. The van der Waals surface area contributed by atoms with Crippen LogP contribution < -0.4 is 20.4 Å². The third-order valence-electron chi connectivity index (χ3n) is 5.84. The topological polar surface area (TPSA) is 83.0 Å². The molecule has 0 radical (unpaired) electrons. The molecule has 2 amide bonds. The fourth-order valence-corrected chi connectivity index (χ4v) is 3.71. The Bertz CT molecular complexity index is 948. The molecule has 0 aliphatic carbocycles. The molecular weight excluding hydrogens is 392 g/mol. The summed E-state index contributed by atoms with van der Waals surface area (Å²) in [6.45, 7) is 9.22. The Kier molecular flexibility index (Phi) is 7.41. The summed E-state index contributed by atoms with van der Waals surface area (Å²) < 4.78 is 0. The summed E-state index contributed by atoms with van der Waals surface area (Å²) >= 11 is 0. The van der Waals surface area contributed by atoms with E-state index in [0.717, 1.165) is 48.7 Å². The Labute approximate surface area is 183 Å². The van der Waals surface area contributed by atoms with Crippen LogP contribution in [-0.2, 0) is 9.59 Å². The first kappa shape index (κ1) is 22.5. The van der Waals surface area contributed by atoms with E-state index in [2.05, 4.69) is 15.5 Å². The molecule has 3 rings (SSSR count). The lowest BCUT2D eigenvalue weighted by atomic mass is 10.1. The largest absolute Gasteiger partial charge is 0.360 e. The number of carbonyl (C=O) groups is 3. The summed E-state index contributed by atoms with van der Waals surface area (Å²) in [5, 5.41) is 5.58. The molecule has 164 valence electrons. The van der Waals surface area contributed by atoms with Gasteiger partial charge >= 0.3 is 0 Å². The van der Waals surface area contributed by atoms with Gasteiger partial charge in [-0.15, -0.1) is 0 Å². The van der Waals surface area contributed by atoms with Gasteiger partial charge in [0.25, 0.3) is 5.91 Å². The number of nitrogens with zero attached hydrogens (tertiary/aromatic N) is 1. The molecule has 2 aromatic rings. The number of Topliss-reactive ketones (excluding diaryl/α,β-unsaturated/α-hetero) is 1. The van der Waals surface area contributed by atoms with Crippen molar-refractivity contribution >= 4 is 29.0 Å². The smallest absolute Gasteiger partial charge is 0.275 e. The van der Waals surface area contributed by atoms with Crippen molar-refractivity contribution in [3.8, 4) is 0 Å². The molecule has 0 saturated carbocycles. The highest BCUT2D eigenvalue weighted by atomic mass is 16.2. The first-order chi connectivity index (χ1) is 14.8. The summed E-state index contributed by atoms with van der Waals surface area (Å²) in [6, 6.07) is 13.4. The highest BCUT2D eigenvalue weighted by molar-refractivity contribution is 5.95. The number of nitrogens with one attached hydrogen (secondary N) is 3. The number of hydrogen-bond donors (Lipinski definition) is 3. The summed E-state index contributed by atoms with van der Waals surface area (Å²) in [4.78, 5) is 39.3. The molecule has 3 N–H and O–H groups in total. The molecule has 1 aliphatic rings. The van der Waals surface area contributed by atoms with E-state index in [0.29, 0.717) is 12.1 Å². The maximum Gasteiger partial charge on any atom is 0.275 e. The molecule has 7 heteroatoms. The van der Waals surface area contributed by atoms with Crippen LogP contribution in [0.4, 0.5) is 11.4 Å². The lowest BCUT2D eigenvalue weighted by Gasteiger charge is -2.33. The van der Waals surface area contributed by atoms with Gasteiger partial charge in [0.1, 0.15) is 0 Å². The van der Waals surface area contributed by atoms with E-state index in [-0.39, 0.29) is 24.1 Å². The van der Waals surface area contributed by atoms with Crippen LogP contribution in [0, 0.1) is 13.8 Å². The summed E-state index contributed by atoms with van der Waals surface area (Å²) in [6.07, 6.45) is 0. The quantitative estimate of drug-likeness (QED) is 0.580. The summed E-state index contributed by atoms with van der Waals surface area (Å²) in [5.41, 5.74) is 4.72. The van der Waals surface area contributed by atoms with Gasteiger partial charge in [0.2, 0.25) is 5.91 Å². The Morgan fingerprint density at radius 1 is 0.968 bits per heavy atom. The molecule has 31 heavy (non-hydrogen) atoms. The van der Waals surface area contributed by atoms with E-state index in [1.807, 2.05) is 56.3 Å². The fraction of sp³-hybridized carbons (Fsp3) is 0.375. The zero-order valence-corrected chi connectivity index (χ0v) is 18.5. The average molecular weight is 424 g/mol. The van der Waals surface area contributed by atoms with Crippen molar-refractivity contribution < 1.29 is 19.3 Å². The maximum absolute atomic E-state index is 12.3. The minimum absolute atomic E-state index is 0.0336. The zero-order valence-electron chi connectivity index (χ0n) is 18.5. The monoisotopic (exact) mass is 423 g/mol. The first-order valence-electron chi connectivity index (χ1n) is 10.7. The standard InChI is InChI=1S/C24H30N4O3/c1-17-5-4-6-22(18(17)2)26-23(30)15-25-24(31)16-27-11-13-28(14-12-27)21-9-7-20(8-10-21)19(3)29/h4-10H,11-16H2,1-3H3,(H,25,31)(H,26,30)/p+1. The molecule has 0 aromatic heterocycles. The van der Waals surface area contributed by atoms with Crippen LogP contribution in [0.1, 0.15) is 28.4 Å². The van der Waals surface area contributed by atoms with E-state index in [1.54, 1.807) is 6.92 Å². The van der Waals surface area contributed by atoms with Crippen molar-refractivity contribution in [3.63, 3.8) is 0 Å². The van der Waals surface area contributed by atoms with Crippen LogP contribution >= 0.6 is 0 Å². The van der Waals surface area contributed by atoms with Crippen LogP contribution in [0.3, 0.4) is 0 Å². The van der Waals surface area contributed by atoms with E-state index in [9.17, 15) is 14.4 Å². The SMILES string of the molecule is CC(=O)c1ccc(N2CC[NH+](CC(=O)NCC(=O)Nc3cccc(C)c3C)CC2)cc1. The second-order valence-corrected chi connectivity index (χ2v) is 8.09. The lowest BCUT2D eigenvalue weighted by molar-refractivity contribution is -0.892. The van der Waals surface area contributed by atoms with Crippen LogP contribution in [0.15, 0.2) is 42.5 Å². The molecular formula is C24H31N4O3+. The Morgan fingerprint density at radius 2 is 1.65 bits per heavy atom. The van der Waals surface area contributed by atoms with Crippen molar-refractivity contribution in [2.45, 2.75) is 20.8 Å². The minimum Gasteiger partial charge on any atom is -0.360 e. The number of aryl methyl sites for hydroxylation is 1. The molecule has 1 aliphatic heterocycles. The molecule has 1 saturated heterocycles. The van der Waals surface area contributed by atoms with E-state index < -0.39 is 0 Å².